The number of aromatic nitrogens is 1. The zero-order valence-corrected chi connectivity index (χ0v) is 16.0. The lowest BCUT2D eigenvalue weighted by Gasteiger charge is -2.32. The third kappa shape index (κ3) is 4.16. The topological polar surface area (TPSA) is 82.3 Å². The highest BCUT2D eigenvalue weighted by Gasteiger charge is 2.27. The molecule has 1 saturated heterocycles. The molecule has 2 fully saturated rings. The summed E-state index contributed by atoms with van der Waals surface area (Å²) in [5.74, 6) is 0.209. The van der Waals surface area contributed by atoms with Gasteiger partial charge in [-0.05, 0) is 56.7 Å². The fourth-order valence-electron chi connectivity index (χ4n) is 3.68. The minimum absolute atomic E-state index is 0.0123. The standard InChI is InChI=1S/C22H25N3O3/c1-14-2-4-16(5-3-14)22(28)25-10-8-18(9-11-25)23-21(27)17-12-19(15-6-7-15)24-20(26)13-17/h2-5,12-13,15,18H,6-11H2,1H3,(H,23,27)(H,24,26). The zero-order valence-electron chi connectivity index (χ0n) is 16.0. The van der Waals surface area contributed by atoms with Gasteiger partial charge in [0.05, 0.1) is 0 Å². The molecule has 2 aliphatic rings. The fraction of sp³-hybridized carbons (Fsp3) is 0.409. The van der Waals surface area contributed by atoms with Gasteiger partial charge in [0.1, 0.15) is 0 Å². The van der Waals surface area contributed by atoms with E-state index in [1.807, 2.05) is 36.1 Å². The summed E-state index contributed by atoms with van der Waals surface area (Å²) in [6.07, 6.45) is 3.55. The first-order chi connectivity index (χ1) is 13.5. The molecule has 0 spiro atoms. The summed E-state index contributed by atoms with van der Waals surface area (Å²) in [4.78, 5) is 41.7. The summed E-state index contributed by atoms with van der Waals surface area (Å²) in [5, 5.41) is 3.03. The summed E-state index contributed by atoms with van der Waals surface area (Å²) >= 11 is 0. The molecular formula is C22H25N3O3. The van der Waals surface area contributed by atoms with E-state index < -0.39 is 0 Å². The van der Waals surface area contributed by atoms with Crippen LogP contribution >= 0.6 is 0 Å². The number of hydrogen-bond donors (Lipinski definition) is 2. The Bertz CT molecular complexity index is 936. The molecule has 0 atom stereocenters. The largest absolute Gasteiger partial charge is 0.349 e. The maximum atomic E-state index is 12.6. The van der Waals surface area contributed by atoms with Crippen molar-refractivity contribution in [3.05, 3.63) is 69.1 Å². The third-order valence-corrected chi connectivity index (χ3v) is 5.56. The number of amides is 2. The number of carbonyl (C=O) groups excluding carboxylic acids is 2. The number of hydrogen-bond acceptors (Lipinski definition) is 3. The SMILES string of the molecule is Cc1ccc(C(=O)N2CCC(NC(=O)c3cc(C4CC4)[nH]c(=O)c3)CC2)cc1. The predicted octanol–water partition coefficient (Wildman–Crippen LogP) is 2.60. The van der Waals surface area contributed by atoms with Gasteiger partial charge in [0.15, 0.2) is 0 Å². The number of aromatic amines is 1. The number of nitrogens with zero attached hydrogens (tertiary/aromatic N) is 1. The van der Waals surface area contributed by atoms with Crippen LogP contribution in [0.15, 0.2) is 41.2 Å². The van der Waals surface area contributed by atoms with E-state index in [2.05, 4.69) is 10.3 Å². The monoisotopic (exact) mass is 379 g/mol. The maximum Gasteiger partial charge on any atom is 0.253 e. The van der Waals surface area contributed by atoms with Crippen molar-refractivity contribution in [2.75, 3.05) is 13.1 Å². The molecule has 2 aromatic rings. The minimum atomic E-state index is -0.229. The van der Waals surface area contributed by atoms with E-state index in [0.29, 0.717) is 43.0 Å². The van der Waals surface area contributed by atoms with Gasteiger partial charge < -0.3 is 15.2 Å². The summed E-state index contributed by atoms with van der Waals surface area (Å²) < 4.78 is 0. The number of piperidine rings is 1. The molecule has 0 bridgehead atoms. The van der Waals surface area contributed by atoms with Crippen LogP contribution in [0.4, 0.5) is 0 Å². The van der Waals surface area contributed by atoms with Crippen molar-refractivity contribution >= 4 is 11.8 Å². The van der Waals surface area contributed by atoms with Crippen LogP contribution in [-0.4, -0.2) is 40.8 Å². The Morgan fingerprint density at radius 3 is 2.32 bits per heavy atom. The smallest absolute Gasteiger partial charge is 0.253 e. The fourth-order valence-corrected chi connectivity index (χ4v) is 3.68. The van der Waals surface area contributed by atoms with Crippen molar-refractivity contribution in [3.8, 4) is 0 Å². The Hall–Kier alpha value is -2.89. The number of pyridine rings is 1. The van der Waals surface area contributed by atoms with E-state index in [4.69, 9.17) is 0 Å². The molecule has 28 heavy (non-hydrogen) atoms. The molecule has 1 saturated carbocycles. The highest BCUT2D eigenvalue weighted by molar-refractivity contribution is 5.95. The lowest BCUT2D eigenvalue weighted by Crippen LogP contribution is -2.46. The molecule has 1 aliphatic heterocycles. The van der Waals surface area contributed by atoms with Crippen molar-refractivity contribution < 1.29 is 9.59 Å². The van der Waals surface area contributed by atoms with Gasteiger partial charge >= 0.3 is 0 Å². The molecule has 2 amide bonds. The lowest BCUT2D eigenvalue weighted by molar-refractivity contribution is 0.0698. The number of likely N-dealkylation sites (tertiary alicyclic amines) is 1. The van der Waals surface area contributed by atoms with Crippen LogP contribution in [-0.2, 0) is 0 Å². The van der Waals surface area contributed by atoms with Crippen molar-refractivity contribution in [3.63, 3.8) is 0 Å². The first-order valence-electron chi connectivity index (χ1n) is 9.90. The number of H-pyrrole nitrogens is 1. The second-order valence-corrected chi connectivity index (χ2v) is 7.87. The zero-order chi connectivity index (χ0) is 19.7. The van der Waals surface area contributed by atoms with Gasteiger partial charge in [-0.2, -0.15) is 0 Å². The van der Waals surface area contributed by atoms with Crippen molar-refractivity contribution in [1.82, 2.24) is 15.2 Å². The second-order valence-electron chi connectivity index (χ2n) is 7.87. The number of rotatable bonds is 4. The molecule has 4 rings (SSSR count). The van der Waals surface area contributed by atoms with Crippen LogP contribution in [0, 0.1) is 6.92 Å². The van der Waals surface area contributed by atoms with E-state index in [1.165, 1.54) is 6.07 Å². The van der Waals surface area contributed by atoms with Crippen molar-refractivity contribution in [2.24, 2.45) is 0 Å². The van der Waals surface area contributed by atoms with Gasteiger partial charge in [-0.25, -0.2) is 0 Å². The van der Waals surface area contributed by atoms with Crippen molar-refractivity contribution in [1.29, 1.82) is 0 Å². The second kappa shape index (κ2) is 7.62. The van der Waals surface area contributed by atoms with Crippen LogP contribution in [0.1, 0.15) is 63.6 Å². The van der Waals surface area contributed by atoms with Gasteiger partial charge in [0.25, 0.3) is 11.8 Å². The van der Waals surface area contributed by atoms with Gasteiger partial charge in [0, 0.05) is 42.0 Å². The Balaban J connectivity index is 1.34. The highest BCUT2D eigenvalue weighted by atomic mass is 16.2. The lowest BCUT2D eigenvalue weighted by atomic mass is 10.0. The average Bonchev–Trinajstić information content (AvgIpc) is 3.53. The van der Waals surface area contributed by atoms with Crippen LogP contribution < -0.4 is 10.9 Å². The summed E-state index contributed by atoms with van der Waals surface area (Å²) in [6.45, 7) is 3.22. The van der Waals surface area contributed by atoms with Crippen LogP contribution in [0.5, 0.6) is 0 Å². The number of aryl methyl sites for hydroxylation is 1. The molecule has 146 valence electrons. The quantitative estimate of drug-likeness (QED) is 0.857. The van der Waals surface area contributed by atoms with E-state index in [-0.39, 0.29) is 23.4 Å². The van der Waals surface area contributed by atoms with E-state index in [9.17, 15) is 14.4 Å². The average molecular weight is 379 g/mol. The number of carbonyl (C=O) groups is 2. The molecule has 6 nitrogen and oxygen atoms in total. The minimum Gasteiger partial charge on any atom is -0.349 e. The van der Waals surface area contributed by atoms with E-state index in [0.717, 1.165) is 24.1 Å². The number of benzene rings is 1. The molecule has 1 aliphatic carbocycles. The predicted molar refractivity (Wildman–Crippen MR) is 107 cm³/mol. The number of nitrogens with one attached hydrogen (secondary N) is 2. The molecule has 1 aromatic heterocycles. The van der Waals surface area contributed by atoms with Gasteiger partial charge in [-0.15, -0.1) is 0 Å². The molecule has 6 heteroatoms. The summed E-state index contributed by atoms with van der Waals surface area (Å²) in [6, 6.07) is 10.8. The van der Waals surface area contributed by atoms with E-state index in [1.54, 1.807) is 6.07 Å². The molecule has 2 N–H and O–H groups in total. The van der Waals surface area contributed by atoms with Gasteiger partial charge in [-0.3, -0.25) is 14.4 Å². The van der Waals surface area contributed by atoms with Crippen LogP contribution in [0.2, 0.25) is 0 Å². The Morgan fingerprint density at radius 2 is 1.68 bits per heavy atom. The first-order valence-corrected chi connectivity index (χ1v) is 9.90. The summed E-state index contributed by atoms with van der Waals surface area (Å²) in [7, 11) is 0. The Labute approximate surface area is 164 Å². The van der Waals surface area contributed by atoms with E-state index >= 15 is 0 Å². The molecule has 1 aromatic carbocycles. The summed E-state index contributed by atoms with van der Waals surface area (Å²) in [5.41, 5.74) is 2.87. The molecule has 2 heterocycles. The first kappa shape index (κ1) is 18.5. The van der Waals surface area contributed by atoms with Gasteiger partial charge in [0.2, 0.25) is 5.56 Å². The third-order valence-electron chi connectivity index (χ3n) is 5.56. The Kier molecular flexibility index (Phi) is 5.03. The van der Waals surface area contributed by atoms with Crippen LogP contribution in [0.25, 0.3) is 0 Å². The van der Waals surface area contributed by atoms with Crippen LogP contribution in [0.3, 0.4) is 0 Å². The Morgan fingerprint density at radius 1 is 1.00 bits per heavy atom. The molecular weight excluding hydrogens is 354 g/mol. The maximum absolute atomic E-state index is 12.6. The normalized spacial score (nSPS) is 17.4. The highest BCUT2D eigenvalue weighted by Crippen LogP contribution is 2.38. The van der Waals surface area contributed by atoms with Gasteiger partial charge in [-0.1, -0.05) is 17.7 Å². The van der Waals surface area contributed by atoms with Crippen molar-refractivity contribution in [2.45, 2.75) is 44.6 Å². The molecule has 0 radical (unpaired) electrons. The molecule has 0 unspecified atom stereocenters.